The van der Waals surface area contributed by atoms with E-state index in [4.69, 9.17) is 0 Å². The van der Waals surface area contributed by atoms with E-state index in [0.29, 0.717) is 11.3 Å². The molecule has 3 aromatic rings. The molecule has 0 aliphatic heterocycles. The van der Waals surface area contributed by atoms with Crippen LogP contribution in [-0.4, -0.2) is 18.2 Å². The summed E-state index contributed by atoms with van der Waals surface area (Å²) < 4.78 is 0. The smallest absolute Gasteiger partial charge is 0.238 e. The molecule has 0 spiro atoms. The van der Waals surface area contributed by atoms with Crippen molar-refractivity contribution in [3.05, 3.63) is 101 Å². The fourth-order valence-corrected chi connectivity index (χ4v) is 3.02. The number of hydrogen-bond acceptors (Lipinski definition) is 3. The Bertz CT molecular complexity index is 933. The standard InChI is InChI=1S/C24H24N2O2/c1-17-8-10-21(11-9-17)24(20-6-4-3-5-7-20)25-16-23(28)26-22-14-12-19(13-15-22)18(2)27/h3-15,24-25H,16H2,1-2H3,(H,26,28)/t24-/m1/s1. The van der Waals surface area contributed by atoms with Crippen LogP contribution in [0.5, 0.6) is 0 Å². The number of carbonyl (C=O) groups excluding carboxylic acids is 2. The largest absolute Gasteiger partial charge is 0.325 e. The number of nitrogens with one attached hydrogen (secondary N) is 2. The highest BCUT2D eigenvalue weighted by atomic mass is 16.2. The van der Waals surface area contributed by atoms with E-state index in [1.54, 1.807) is 24.3 Å². The van der Waals surface area contributed by atoms with Crippen LogP contribution in [0.1, 0.15) is 40.0 Å². The minimum Gasteiger partial charge on any atom is -0.325 e. The molecule has 0 heterocycles. The highest BCUT2D eigenvalue weighted by molar-refractivity contribution is 5.96. The molecule has 3 rings (SSSR count). The summed E-state index contributed by atoms with van der Waals surface area (Å²) in [5, 5.41) is 6.22. The molecular formula is C24H24N2O2. The Morgan fingerprint density at radius 1 is 0.821 bits per heavy atom. The highest BCUT2D eigenvalue weighted by Gasteiger charge is 2.15. The van der Waals surface area contributed by atoms with E-state index in [1.165, 1.54) is 12.5 Å². The fraction of sp³-hybridized carbons (Fsp3) is 0.167. The lowest BCUT2D eigenvalue weighted by atomic mass is 9.98. The van der Waals surface area contributed by atoms with Gasteiger partial charge in [-0.1, -0.05) is 60.2 Å². The normalized spacial score (nSPS) is 11.6. The Kier molecular flexibility index (Phi) is 6.35. The van der Waals surface area contributed by atoms with Crippen molar-refractivity contribution >= 4 is 17.4 Å². The molecular weight excluding hydrogens is 348 g/mol. The molecule has 0 saturated carbocycles. The van der Waals surface area contributed by atoms with Gasteiger partial charge in [0.15, 0.2) is 5.78 Å². The van der Waals surface area contributed by atoms with Gasteiger partial charge in [-0.25, -0.2) is 0 Å². The molecule has 4 nitrogen and oxygen atoms in total. The van der Waals surface area contributed by atoms with Gasteiger partial charge in [-0.15, -0.1) is 0 Å². The van der Waals surface area contributed by atoms with E-state index >= 15 is 0 Å². The molecule has 2 N–H and O–H groups in total. The number of amides is 1. The first kappa shape index (κ1) is 19.5. The molecule has 1 amide bonds. The number of rotatable bonds is 7. The topological polar surface area (TPSA) is 58.2 Å². The quantitative estimate of drug-likeness (QED) is 0.600. The molecule has 142 valence electrons. The molecule has 0 unspecified atom stereocenters. The zero-order valence-electron chi connectivity index (χ0n) is 16.1. The Hall–Kier alpha value is -3.24. The monoisotopic (exact) mass is 372 g/mol. The van der Waals surface area contributed by atoms with Gasteiger partial charge in [-0.05, 0) is 49.2 Å². The van der Waals surface area contributed by atoms with Crippen LogP contribution in [0.2, 0.25) is 0 Å². The van der Waals surface area contributed by atoms with Crippen molar-refractivity contribution in [2.75, 3.05) is 11.9 Å². The maximum Gasteiger partial charge on any atom is 0.238 e. The summed E-state index contributed by atoms with van der Waals surface area (Å²) >= 11 is 0. The van der Waals surface area contributed by atoms with E-state index in [-0.39, 0.29) is 24.3 Å². The summed E-state index contributed by atoms with van der Waals surface area (Å²) in [5.41, 5.74) is 4.70. The van der Waals surface area contributed by atoms with Crippen molar-refractivity contribution in [3.8, 4) is 0 Å². The zero-order chi connectivity index (χ0) is 19.9. The van der Waals surface area contributed by atoms with Crippen molar-refractivity contribution in [3.63, 3.8) is 0 Å². The summed E-state index contributed by atoms with van der Waals surface area (Å²) in [5.74, 6) is -0.132. The third kappa shape index (κ3) is 5.15. The predicted molar refractivity (Wildman–Crippen MR) is 113 cm³/mol. The molecule has 3 aromatic carbocycles. The average molecular weight is 372 g/mol. The molecule has 0 saturated heterocycles. The summed E-state index contributed by atoms with van der Waals surface area (Å²) in [6.45, 7) is 3.74. The first-order valence-corrected chi connectivity index (χ1v) is 9.28. The predicted octanol–water partition coefficient (Wildman–Crippen LogP) is 4.52. The second-order valence-electron chi connectivity index (χ2n) is 6.82. The summed E-state index contributed by atoms with van der Waals surface area (Å²) in [7, 11) is 0. The maximum atomic E-state index is 12.4. The van der Waals surface area contributed by atoms with Gasteiger partial charge >= 0.3 is 0 Å². The summed E-state index contributed by atoms with van der Waals surface area (Å²) in [6, 6.07) is 25.2. The number of benzene rings is 3. The van der Waals surface area contributed by atoms with E-state index in [9.17, 15) is 9.59 Å². The van der Waals surface area contributed by atoms with Gasteiger partial charge in [0.25, 0.3) is 0 Å². The average Bonchev–Trinajstić information content (AvgIpc) is 2.70. The minimum absolute atomic E-state index is 0.00310. The number of carbonyl (C=O) groups is 2. The minimum atomic E-state index is -0.136. The van der Waals surface area contributed by atoms with Gasteiger partial charge in [-0.3, -0.25) is 14.9 Å². The SMILES string of the molecule is CC(=O)c1ccc(NC(=O)CN[C@H](c2ccccc2)c2ccc(C)cc2)cc1. The lowest BCUT2D eigenvalue weighted by molar-refractivity contribution is -0.115. The van der Waals surface area contributed by atoms with Gasteiger partial charge in [0, 0.05) is 11.3 Å². The van der Waals surface area contributed by atoms with Crippen LogP contribution >= 0.6 is 0 Å². The zero-order valence-corrected chi connectivity index (χ0v) is 16.1. The Morgan fingerprint density at radius 3 is 2.04 bits per heavy atom. The van der Waals surface area contributed by atoms with Crippen molar-refractivity contribution in [2.24, 2.45) is 0 Å². The van der Waals surface area contributed by atoms with E-state index < -0.39 is 0 Å². The third-order valence-electron chi connectivity index (χ3n) is 4.59. The summed E-state index contributed by atoms with van der Waals surface area (Å²) in [4.78, 5) is 23.8. The van der Waals surface area contributed by atoms with Crippen LogP contribution in [0.25, 0.3) is 0 Å². The highest BCUT2D eigenvalue weighted by Crippen LogP contribution is 2.22. The molecule has 0 aliphatic carbocycles. The number of ketones is 1. The van der Waals surface area contributed by atoms with Crippen molar-refractivity contribution in [1.82, 2.24) is 5.32 Å². The lowest BCUT2D eigenvalue weighted by Gasteiger charge is -2.20. The molecule has 0 fully saturated rings. The van der Waals surface area contributed by atoms with E-state index in [0.717, 1.165) is 11.1 Å². The Labute approximate surface area is 165 Å². The molecule has 0 aromatic heterocycles. The fourth-order valence-electron chi connectivity index (χ4n) is 3.02. The van der Waals surface area contributed by atoms with Crippen LogP contribution in [0.4, 0.5) is 5.69 Å². The lowest BCUT2D eigenvalue weighted by Crippen LogP contribution is -2.31. The van der Waals surface area contributed by atoms with Gasteiger partial charge in [0.1, 0.15) is 0 Å². The molecule has 28 heavy (non-hydrogen) atoms. The van der Waals surface area contributed by atoms with Crippen molar-refractivity contribution in [1.29, 1.82) is 0 Å². The Morgan fingerprint density at radius 2 is 1.43 bits per heavy atom. The molecule has 0 radical (unpaired) electrons. The van der Waals surface area contributed by atoms with Crippen molar-refractivity contribution < 1.29 is 9.59 Å². The van der Waals surface area contributed by atoms with Crippen LogP contribution in [-0.2, 0) is 4.79 Å². The molecule has 0 bridgehead atoms. The second kappa shape index (κ2) is 9.11. The first-order valence-electron chi connectivity index (χ1n) is 9.28. The van der Waals surface area contributed by atoms with Crippen molar-refractivity contribution in [2.45, 2.75) is 19.9 Å². The van der Waals surface area contributed by atoms with Gasteiger partial charge in [0.2, 0.25) is 5.91 Å². The van der Waals surface area contributed by atoms with E-state index in [2.05, 4.69) is 54.0 Å². The number of aryl methyl sites for hydroxylation is 1. The molecule has 0 aliphatic rings. The first-order chi connectivity index (χ1) is 13.5. The molecule has 4 heteroatoms. The number of anilines is 1. The van der Waals surface area contributed by atoms with E-state index in [1.807, 2.05) is 18.2 Å². The van der Waals surface area contributed by atoms with Crippen LogP contribution < -0.4 is 10.6 Å². The third-order valence-corrected chi connectivity index (χ3v) is 4.59. The van der Waals surface area contributed by atoms with Gasteiger partial charge < -0.3 is 5.32 Å². The Balaban J connectivity index is 1.68. The van der Waals surface area contributed by atoms with Crippen LogP contribution in [0.15, 0.2) is 78.9 Å². The van der Waals surface area contributed by atoms with Crippen LogP contribution in [0, 0.1) is 6.92 Å². The number of Topliss-reactive ketones (excluding diaryl/α,β-unsaturated/α-hetero) is 1. The summed E-state index contributed by atoms with van der Waals surface area (Å²) in [6.07, 6.45) is 0. The second-order valence-corrected chi connectivity index (χ2v) is 6.82. The maximum absolute atomic E-state index is 12.4. The van der Waals surface area contributed by atoms with Crippen LogP contribution in [0.3, 0.4) is 0 Å². The molecule has 1 atom stereocenters. The number of hydrogen-bond donors (Lipinski definition) is 2. The van der Waals surface area contributed by atoms with Gasteiger partial charge in [-0.2, -0.15) is 0 Å². The van der Waals surface area contributed by atoms with Gasteiger partial charge in [0.05, 0.1) is 12.6 Å².